The molecule has 1 heterocycles. The van der Waals surface area contributed by atoms with Gasteiger partial charge in [0.1, 0.15) is 19.0 Å². The van der Waals surface area contributed by atoms with Crippen LogP contribution in [-0.2, 0) is 12.4 Å². The largest absolute Gasteiger partial charge is 0.490 e. The molecule has 9 heteroatoms. The van der Waals surface area contributed by atoms with Crippen LogP contribution in [-0.4, -0.2) is 18.2 Å². The molecule has 1 aromatic heterocycles. The van der Waals surface area contributed by atoms with Crippen LogP contribution in [0.4, 0.5) is 26.3 Å². The summed E-state index contributed by atoms with van der Waals surface area (Å²) in [6.07, 6.45) is -8.28. The fraction of sp³-hybridized carbons (Fsp3) is 0.450. The maximum atomic E-state index is 12.7. The number of hydrogen-bond donors (Lipinski definition) is 0. The standard InChI is InChI=1S/C16H13F6NO2.2C2H6/c1-10-2-3-14(23-9-10)25-5-4-24-13-7-11(15(17,18)19)6-12(8-13)16(20,21)22;2*1-2/h2-3,6-9H,4-5H2,1H3;2*1-2H3. The molecular formula is C20H25F6NO2. The molecule has 2 rings (SSSR count). The number of aromatic nitrogens is 1. The third-order valence-corrected chi connectivity index (χ3v) is 3.05. The minimum absolute atomic E-state index is 0.0413. The van der Waals surface area contributed by atoms with Gasteiger partial charge >= 0.3 is 12.4 Å². The van der Waals surface area contributed by atoms with Crippen molar-refractivity contribution in [3.8, 4) is 11.6 Å². The number of hydrogen-bond acceptors (Lipinski definition) is 3. The summed E-state index contributed by atoms with van der Waals surface area (Å²) in [6.45, 7) is 9.49. The highest BCUT2D eigenvalue weighted by Gasteiger charge is 2.37. The summed E-state index contributed by atoms with van der Waals surface area (Å²) < 4.78 is 86.5. The number of aryl methyl sites for hydroxylation is 1. The van der Waals surface area contributed by atoms with Crippen molar-refractivity contribution in [2.75, 3.05) is 13.2 Å². The molecule has 29 heavy (non-hydrogen) atoms. The van der Waals surface area contributed by atoms with Crippen molar-refractivity contribution in [1.29, 1.82) is 0 Å². The average molecular weight is 425 g/mol. The van der Waals surface area contributed by atoms with Crippen LogP contribution < -0.4 is 9.47 Å². The Balaban J connectivity index is 0.00000184. The molecule has 0 radical (unpaired) electrons. The van der Waals surface area contributed by atoms with E-state index in [1.165, 1.54) is 0 Å². The molecule has 0 amide bonds. The fourth-order valence-electron chi connectivity index (χ4n) is 1.86. The van der Waals surface area contributed by atoms with Crippen molar-refractivity contribution in [2.45, 2.75) is 47.0 Å². The highest BCUT2D eigenvalue weighted by atomic mass is 19.4. The molecule has 0 saturated carbocycles. The second-order valence-electron chi connectivity index (χ2n) is 5.11. The van der Waals surface area contributed by atoms with Crippen molar-refractivity contribution < 1.29 is 35.8 Å². The molecule has 0 aliphatic carbocycles. The highest BCUT2D eigenvalue weighted by Crippen LogP contribution is 2.38. The van der Waals surface area contributed by atoms with Gasteiger partial charge in [-0.2, -0.15) is 26.3 Å². The lowest BCUT2D eigenvalue weighted by atomic mass is 10.1. The SMILES string of the molecule is CC.CC.Cc1ccc(OCCOc2cc(C(F)(F)F)cc(C(F)(F)F)c2)nc1. The molecule has 164 valence electrons. The van der Waals surface area contributed by atoms with Gasteiger partial charge in [-0.15, -0.1) is 0 Å². The van der Waals surface area contributed by atoms with E-state index in [1.54, 1.807) is 18.3 Å². The minimum atomic E-state index is -4.91. The van der Waals surface area contributed by atoms with Crippen molar-refractivity contribution in [3.05, 3.63) is 53.2 Å². The van der Waals surface area contributed by atoms with Gasteiger partial charge in [0.25, 0.3) is 0 Å². The first-order chi connectivity index (χ1) is 13.6. The molecule has 0 aliphatic rings. The van der Waals surface area contributed by atoms with E-state index in [2.05, 4.69) is 4.98 Å². The Bertz CT molecular complexity index is 680. The third kappa shape index (κ3) is 9.54. The monoisotopic (exact) mass is 425 g/mol. The molecule has 0 fully saturated rings. The molecule has 1 aromatic carbocycles. The summed E-state index contributed by atoms with van der Waals surface area (Å²) in [4.78, 5) is 3.94. The number of rotatable bonds is 5. The molecule has 0 bridgehead atoms. The van der Waals surface area contributed by atoms with Gasteiger partial charge in [-0.25, -0.2) is 4.98 Å². The van der Waals surface area contributed by atoms with E-state index >= 15 is 0 Å². The lowest BCUT2D eigenvalue weighted by molar-refractivity contribution is -0.143. The van der Waals surface area contributed by atoms with Crippen molar-refractivity contribution in [3.63, 3.8) is 0 Å². The van der Waals surface area contributed by atoms with Gasteiger partial charge in [0.2, 0.25) is 5.88 Å². The van der Waals surface area contributed by atoms with Crippen molar-refractivity contribution in [1.82, 2.24) is 4.98 Å². The first-order valence-corrected chi connectivity index (χ1v) is 9.03. The predicted molar refractivity (Wildman–Crippen MR) is 99.1 cm³/mol. The fourth-order valence-corrected chi connectivity index (χ4v) is 1.86. The van der Waals surface area contributed by atoms with Crippen LogP contribution in [0.15, 0.2) is 36.5 Å². The van der Waals surface area contributed by atoms with E-state index in [-0.39, 0.29) is 25.2 Å². The lowest BCUT2D eigenvalue weighted by Crippen LogP contribution is -2.13. The van der Waals surface area contributed by atoms with E-state index < -0.39 is 29.2 Å². The van der Waals surface area contributed by atoms with E-state index in [9.17, 15) is 26.3 Å². The molecule has 0 atom stereocenters. The smallest absolute Gasteiger partial charge is 0.416 e. The lowest BCUT2D eigenvalue weighted by Gasteiger charge is -2.15. The summed E-state index contributed by atoms with van der Waals surface area (Å²) in [5, 5.41) is 0. The van der Waals surface area contributed by atoms with Crippen LogP contribution >= 0.6 is 0 Å². The molecule has 0 spiro atoms. The summed E-state index contributed by atoms with van der Waals surface area (Å²) in [6, 6.07) is 4.39. The molecule has 0 saturated heterocycles. The predicted octanol–water partition coefficient (Wildman–Crippen LogP) is 6.94. The normalized spacial score (nSPS) is 10.9. The zero-order valence-corrected chi connectivity index (χ0v) is 16.9. The number of alkyl halides is 6. The summed E-state index contributed by atoms with van der Waals surface area (Å²) in [5.41, 5.74) is -1.95. The van der Waals surface area contributed by atoms with Crippen LogP contribution in [0.2, 0.25) is 0 Å². The summed E-state index contributed by atoms with van der Waals surface area (Å²) >= 11 is 0. The Labute approximate surface area is 166 Å². The maximum absolute atomic E-state index is 12.7. The van der Waals surface area contributed by atoms with Crippen LogP contribution in [0, 0.1) is 6.92 Å². The topological polar surface area (TPSA) is 31.4 Å². The average Bonchev–Trinajstić information content (AvgIpc) is 2.68. The summed E-state index contributed by atoms with van der Waals surface area (Å²) in [5.74, 6) is -0.267. The number of pyridine rings is 1. The molecule has 0 unspecified atom stereocenters. The molecule has 0 aliphatic heterocycles. The third-order valence-electron chi connectivity index (χ3n) is 3.05. The first kappa shape index (κ1) is 26.6. The van der Waals surface area contributed by atoms with Crippen LogP contribution in [0.5, 0.6) is 11.6 Å². The van der Waals surface area contributed by atoms with Gasteiger partial charge in [0, 0.05) is 12.3 Å². The van der Waals surface area contributed by atoms with E-state index in [0.717, 1.165) is 5.56 Å². The molecule has 0 N–H and O–H groups in total. The zero-order chi connectivity index (χ0) is 22.7. The minimum Gasteiger partial charge on any atom is -0.490 e. The Morgan fingerprint density at radius 1 is 0.759 bits per heavy atom. The first-order valence-electron chi connectivity index (χ1n) is 9.03. The Morgan fingerprint density at radius 3 is 1.66 bits per heavy atom. The van der Waals surface area contributed by atoms with Gasteiger partial charge in [0.05, 0.1) is 11.1 Å². The van der Waals surface area contributed by atoms with Gasteiger partial charge in [-0.1, -0.05) is 33.8 Å². The number of ether oxygens (including phenoxy) is 2. The molecular weight excluding hydrogens is 400 g/mol. The maximum Gasteiger partial charge on any atom is 0.416 e. The van der Waals surface area contributed by atoms with Crippen LogP contribution in [0.1, 0.15) is 44.4 Å². The highest BCUT2D eigenvalue weighted by molar-refractivity contribution is 5.37. The van der Waals surface area contributed by atoms with E-state index in [4.69, 9.17) is 9.47 Å². The Hall–Kier alpha value is -2.45. The van der Waals surface area contributed by atoms with Crippen LogP contribution in [0.3, 0.4) is 0 Å². The van der Waals surface area contributed by atoms with Gasteiger partial charge in [-0.05, 0) is 30.7 Å². The van der Waals surface area contributed by atoms with Gasteiger partial charge in [-0.3, -0.25) is 0 Å². The summed E-state index contributed by atoms with van der Waals surface area (Å²) in [7, 11) is 0. The van der Waals surface area contributed by atoms with Crippen molar-refractivity contribution >= 4 is 0 Å². The van der Waals surface area contributed by atoms with E-state index in [0.29, 0.717) is 12.1 Å². The second kappa shape index (κ2) is 12.2. The molecule has 2 aromatic rings. The quantitative estimate of drug-likeness (QED) is 0.384. The van der Waals surface area contributed by atoms with Gasteiger partial charge < -0.3 is 9.47 Å². The number of nitrogens with zero attached hydrogens (tertiary/aromatic N) is 1. The number of halogens is 6. The van der Waals surface area contributed by atoms with Crippen LogP contribution in [0.25, 0.3) is 0 Å². The zero-order valence-electron chi connectivity index (χ0n) is 16.9. The molecule has 3 nitrogen and oxygen atoms in total. The Kier molecular flexibility index (Phi) is 11.2. The van der Waals surface area contributed by atoms with Gasteiger partial charge in [0.15, 0.2) is 0 Å². The second-order valence-corrected chi connectivity index (χ2v) is 5.11. The van der Waals surface area contributed by atoms with E-state index in [1.807, 2.05) is 34.6 Å². The number of benzene rings is 1. The Morgan fingerprint density at radius 2 is 1.24 bits per heavy atom. The van der Waals surface area contributed by atoms with Crippen molar-refractivity contribution in [2.24, 2.45) is 0 Å².